The number of hydrogen-bond acceptors (Lipinski definition) is 4. The van der Waals surface area contributed by atoms with Gasteiger partial charge in [-0.1, -0.05) is 78.9 Å². The standard InChI is InChI=1S/C32H39NO4.ClH/c1-23-22-25(15-16-29(23)24(2)31(35)36)30(34)14-9-19-33-20-17-28(18-21-33)32(37,26-10-5-3-6-11-26)27-12-7-4-8-13-27;/h3-8,10-13,15-16,22,24,28,30,34,37H,9,14,17-21H2,1-2H3,(H,35,36);1H. The van der Waals surface area contributed by atoms with E-state index >= 15 is 0 Å². The molecule has 2 atom stereocenters. The molecule has 204 valence electrons. The Balaban J connectivity index is 0.00000400. The highest BCUT2D eigenvalue weighted by atomic mass is 35.5. The van der Waals surface area contributed by atoms with Crippen molar-refractivity contribution in [3.63, 3.8) is 0 Å². The summed E-state index contributed by atoms with van der Waals surface area (Å²) in [7, 11) is 0. The van der Waals surface area contributed by atoms with Crippen LogP contribution in [0.2, 0.25) is 0 Å². The molecule has 0 spiro atoms. The molecule has 1 fully saturated rings. The van der Waals surface area contributed by atoms with Gasteiger partial charge in [-0.05, 0) is 92.9 Å². The molecular weight excluding hydrogens is 498 g/mol. The molecule has 3 aromatic carbocycles. The Labute approximate surface area is 232 Å². The highest BCUT2D eigenvalue weighted by Gasteiger charge is 2.41. The van der Waals surface area contributed by atoms with E-state index in [9.17, 15) is 20.1 Å². The van der Waals surface area contributed by atoms with Crippen molar-refractivity contribution < 1.29 is 20.1 Å². The number of nitrogens with zero attached hydrogens (tertiary/aromatic N) is 1. The van der Waals surface area contributed by atoms with Crippen LogP contribution in [0.3, 0.4) is 0 Å². The molecule has 3 aromatic rings. The fourth-order valence-corrected chi connectivity index (χ4v) is 5.80. The second-order valence-electron chi connectivity index (χ2n) is 10.4. The molecular formula is C32H40ClNO4. The monoisotopic (exact) mass is 537 g/mol. The first-order valence-electron chi connectivity index (χ1n) is 13.4. The first-order chi connectivity index (χ1) is 17.8. The molecule has 2 unspecified atom stereocenters. The molecule has 0 radical (unpaired) electrons. The van der Waals surface area contributed by atoms with E-state index in [1.54, 1.807) is 6.92 Å². The van der Waals surface area contributed by atoms with E-state index in [0.29, 0.717) is 6.42 Å². The number of piperidine rings is 1. The van der Waals surface area contributed by atoms with E-state index in [4.69, 9.17) is 0 Å². The third-order valence-electron chi connectivity index (χ3n) is 8.07. The van der Waals surface area contributed by atoms with Gasteiger partial charge in [0.05, 0.1) is 12.0 Å². The molecule has 1 heterocycles. The minimum Gasteiger partial charge on any atom is -0.481 e. The number of aliphatic hydroxyl groups excluding tert-OH is 1. The maximum absolute atomic E-state index is 12.1. The normalized spacial score (nSPS) is 16.4. The van der Waals surface area contributed by atoms with Crippen LogP contribution in [0.4, 0.5) is 0 Å². The molecule has 0 bridgehead atoms. The lowest BCUT2D eigenvalue weighted by Gasteiger charge is -2.42. The van der Waals surface area contributed by atoms with Gasteiger partial charge >= 0.3 is 5.97 Å². The average molecular weight is 538 g/mol. The topological polar surface area (TPSA) is 81.0 Å². The summed E-state index contributed by atoms with van der Waals surface area (Å²) in [6.07, 6.45) is 2.79. The molecule has 3 N–H and O–H groups in total. The number of rotatable bonds is 10. The molecule has 1 saturated heterocycles. The highest BCUT2D eigenvalue weighted by Crippen LogP contribution is 2.42. The number of carboxylic acids is 1. The maximum Gasteiger partial charge on any atom is 0.310 e. The van der Waals surface area contributed by atoms with Crippen molar-refractivity contribution in [3.05, 3.63) is 107 Å². The quantitative estimate of drug-likeness (QED) is 0.292. The largest absolute Gasteiger partial charge is 0.481 e. The summed E-state index contributed by atoms with van der Waals surface area (Å²) in [5, 5.41) is 32.1. The van der Waals surface area contributed by atoms with Crippen LogP contribution in [0.1, 0.15) is 72.4 Å². The number of halogens is 1. The third kappa shape index (κ3) is 6.65. The first-order valence-corrected chi connectivity index (χ1v) is 13.4. The number of benzene rings is 3. The first kappa shape index (κ1) is 29.9. The zero-order chi connectivity index (χ0) is 26.4. The maximum atomic E-state index is 12.1. The van der Waals surface area contributed by atoms with E-state index in [-0.39, 0.29) is 18.3 Å². The summed E-state index contributed by atoms with van der Waals surface area (Å²) in [4.78, 5) is 13.7. The number of hydrogen-bond donors (Lipinski definition) is 3. The molecule has 1 aliphatic rings. The van der Waals surface area contributed by atoms with Crippen molar-refractivity contribution in [1.29, 1.82) is 0 Å². The van der Waals surface area contributed by atoms with Crippen LogP contribution < -0.4 is 0 Å². The summed E-state index contributed by atoms with van der Waals surface area (Å²) in [6, 6.07) is 25.6. The van der Waals surface area contributed by atoms with Gasteiger partial charge in [0, 0.05) is 0 Å². The van der Waals surface area contributed by atoms with Crippen molar-refractivity contribution in [2.24, 2.45) is 5.92 Å². The average Bonchev–Trinajstić information content (AvgIpc) is 2.93. The Bertz CT molecular complexity index is 1120. The summed E-state index contributed by atoms with van der Waals surface area (Å²) in [5.41, 5.74) is 3.42. The molecule has 1 aliphatic heterocycles. The van der Waals surface area contributed by atoms with Crippen LogP contribution in [0.15, 0.2) is 78.9 Å². The lowest BCUT2D eigenvalue weighted by molar-refractivity contribution is -0.138. The molecule has 0 aliphatic carbocycles. The molecule has 0 saturated carbocycles. The molecule has 38 heavy (non-hydrogen) atoms. The SMILES string of the molecule is Cc1cc(C(O)CCCN2CCC(C(O)(c3ccccc3)c3ccccc3)CC2)ccc1C(C)C(=O)O.Cl. The zero-order valence-corrected chi connectivity index (χ0v) is 23.1. The van der Waals surface area contributed by atoms with E-state index in [1.165, 1.54) is 0 Å². The van der Waals surface area contributed by atoms with Gasteiger partial charge in [0.2, 0.25) is 0 Å². The van der Waals surface area contributed by atoms with Crippen molar-refractivity contribution in [3.8, 4) is 0 Å². The van der Waals surface area contributed by atoms with E-state index < -0.39 is 23.6 Å². The van der Waals surface area contributed by atoms with Gasteiger partial charge in [-0.2, -0.15) is 0 Å². The predicted octanol–water partition coefficient (Wildman–Crippen LogP) is 6.07. The van der Waals surface area contributed by atoms with Crippen molar-refractivity contribution in [2.75, 3.05) is 19.6 Å². The molecule has 0 amide bonds. The van der Waals surface area contributed by atoms with Crippen LogP contribution >= 0.6 is 12.4 Å². The summed E-state index contributed by atoms with van der Waals surface area (Å²) >= 11 is 0. The Kier molecular flexibility index (Phi) is 10.5. The predicted molar refractivity (Wildman–Crippen MR) is 154 cm³/mol. The number of aryl methyl sites for hydroxylation is 1. The van der Waals surface area contributed by atoms with Crippen molar-refractivity contribution >= 4 is 18.4 Å². The van der Waals surface area contributed by atoms with Gasteiger partial charge in [0.1, 0.15) is 5.60 Å². The number of carboxylic acid groups (broad SMARTS) is 1. The fourth-order valence-electron chi connectivity index (χ4n) is 5.80. The summed E-state index contributed by atoms with van der Waals surface area (Å²) < 4.78 is 0. The minimum atomic E-state index is -1.01. The molecule has 0 aromatic heterocycles. The van der Waals surface area contributed by atoms with E-state index in [1.807, 2.05) is 85.8 Å². The Hall–Kier alpha value is -2.70. The van der Waals surface area contributed by atoms with E-state index in [2.05, 4.69) is 4.90 Å². The lowest BCUT2D eigenvalue weighted by atomic mass is 9.72. The molecule has 4 rings (SSSR count). The Morgan fingerprint density at radius 2 is 1.53 bits per heavy atom. The van der Waals surface area contributed by atoms with Gasteiger partial charge < -0.3 is 20.2 Å². The van der Waals surface area contributed by atoms with Crippen LogP contribution in [-0.4, -0.2) is 45.8 Å². The lowest BCUT2D eigenvalue weighted by Crippen LogP contribution is -2.44. The second-order valence-corrected chi connectivity index (χ2v) is 10.4. The molecule has 6 heteroatoms. The summed E-state index contributed by atoms with van der Waals surface area (Å²) in [6.45, 7) is 6.34. The molecule has 5 nitrogen and oxygen atoms in total. The van der Waals surface area contributed by atoms with Crippen LogP contribution in [0.5, 0.6) is 0 Å². The summed E-state index contributed by atoms with van der Waals surface area (Å²) in [5.74, 6) is -1.27. The highest BCUT2D eigenvalue weighted by molar-refractivity contribution is 5.85. The third-order valence-corrected chi connectivity index (χ3v) is 8.07. The van der Waals surface area contributed by atoms with Gasteiger partial charge in [-0.15, -0.1) is 12.4 Å². The van der Waals surface area contributed by atoms with E-state index in [0.717, 1.165) is 66.7 Å². The van der Waals surface area contributed by atoms with Crippen LogP contribution in [-0.2, 0) is 10.4 Å². The van der Waals surface area contributed by atoms with Gasteiger partial charge in [0.25, 0.3) is 0 Å². The van der Waals surface area contributed by atoms with Gasteiger partial charge in [-0.25, -0.2) is 0 Å². The van der Waals surface area contributed by atoms with Crippen molar-refractivity contribution in [2.45, 2.75) is 57.2 Å². The number of carbonyl (C=O) groups is 1. The smallest absolute Gasteiger partial charge is 0.310 e. The van der Waals surface area contributed by atoms with Crippen LogP contribution in [0, 0.1) is 12.8 Å². The fraction of sp³-hybridized carbons (Fsp3) is 0.406. The number of aliphatic carboxylic acids is 1. The van der Waals surface area contributed by atoms with Crippen molar-refractivity contribution in [1.82, 2.24) is 4.90 Å². The Morgan fingerprint density at radius 3 is 2.03 bits per heavy atom. The minimum absolute atomic E-state index is 0. The zero-order valence-electron chi connectivity index (χ0n) is 22.3. The second kappa shape index (κ2) is 13.4. The number of aliphatic hydroxyl groups is 2. The Morgan fingerprint density at radius 1 is 0.974 bits per heavy atom. The van der Waals surface area contributed by atoms with Gasteiger partial charge in [-0.3, -0.25) is 4.79 Å². The van der Waals surface area contributed by atoms with Crippen LogP contribution in [0.25, 0.3) is 0 Å². The number of likely N-dealkylation sites (tertiary alicyclic amines) is 1. The van der Waals surface area contributed by atoms with Gasteiger partial charge in [0.15, 0.2) is 0 Å².